The van der Waals surface area contributed by atoms with Crippen molar-refractivity contribution in [3.63, 3.8) is 0 Å². The molecule has 21 heavy (non-hydrogen) atoms. The lowest BCUT2D eigenvalue weighted by Gasteiger charge is -2.07. The maximum absolute atomic E-state index is 12.0. The average molecular weight is 311 g/mol. The molecule has 0 aliphatic heterocycles. The number of aliphatic carboxylic acids is 1. The molecule has 0 aliphatic rings. The molecule has 0 aromatic carbocycles. The fourth-order valence-electron chi connectivity index (χ4n) is 1.97. The second-order valence-electron chi connectivity index (χ2n) is 4.55. The molecule has 0 saturated heterocycles. The Kier molecular flexibility index (Phi) is 4.51. The van der Waals surface area contributed by atoms with Crippen molar-refractivity contribution in [1.29, 1.82) is 0 Å². The molecule has 0 amide bonds. The number of hydrogen-bond donors (Lipinski definition) is 1. The molecule has 0 spiro atoms. The highest BCUT2D eigenvalue weighted by molar-refractivity contribution is 7.99. The molecule has 9 heteroatoms. The zero-order valence-electron chi connectivity index (χ0n) is 11.7. The van der Waals surface area contributed by atoms with E-state index >= 15 is 0 Å². The van der Waals surface area contributed by atoms with Gasteiger partial charge in [-0.05, 0) is 6.42 Å². The van der Waals surface area contributed by atoms with Crippen LogP contribution in [-0.4, -0.2) is 30.8 Å². The Hall–Kier alpha value is -2.03. The molecule has 0 saturated carbocycles. The van der Waals surface area contributed by atoms with Gasteiger partial charge >= 0.3 is 5.69 Å². The number of aromatic amines is 1. The number of fused-ring (bicyclic) bond motifs is 1. The van der Waals surface area contributed by atoms with Crippen LogP contribution < -0.4 is 16.4 Å². The zero-order valence-corrected chi connectivity index (χ0v) is 12.5. The van der Waals surface area contributed by atoms with Crippen molar-refractivity contribution in [2.24, 2.45) is 7.05 Å². The van der Waals surface area contributed by atoms with E-state index in [1.54, 1.807) is 4.57 Å². The van der Waals surface area contributed by atoms with Crippen LogP contribution >= 0.6 is 11.8 Å². The van der Waals surface area contributed by atoms with Gasteiger partial charge in [0.2, 0.25) is 0 Å². The Morgan fingerprint density at radius 1 is 1.43 bits per heavy atom. The molecule has 0 bridgehead atoms. The van der Waals surface area contributed by atoms with Gasteiger partial charge in [-0.2, -0.15) is 0 Å². The van der Waals surface area contributed by atoms with Crippen molar-refractivity contribution in [3.8, 4) is 0 Å². The zero-order chi connectivity index (χ0) is 15.6. The van der Waals surface area contributed by atoms with Gasteiger partial charge in [0.15, 0.2) is 16.3 Å². The second kappa shape index (κ2) is 6.17. The van der Waals surface area contributed by atoms with Crippen LogP contribution in [0.5, 0.6) is 0 Å². The topological polar surface area (TPSA) is 113 Å². The van der Waals surface area contributed by atoms with Crippen LogP contribution in [0.2, 0.25) is 0 Å². The molecule has 114 valence electrons. The van der Waals surface area contributed by atoms with Crippen molar-refractivity contribution in [1.82, 2.24) is 19.1 Å². The first kappa shape index (κ1) is 15.4. The van der Waals surface area contributed by atoms with Gasteiger partial charge in [-0.3, -0.25) is 14.3 Å². The summed E-state index contributed by atoms with van der Waals surface area (Å²) < 4.78 is 2.90. The summed E-state index contributed by atoms with van der Waals surface area (Å²) in [5, 5.41) is 11.0. The predicted octanol–water partition coefficient (Wildman–Crippen LogP) is -0.935. The van der Waals surface area contributed by atoms with E-state index in [2.05, 4.69) is 9.97 Å². The van der Waals surface area contributed by atoms with E-state index in [1.165, 1.54) is 11.6 Å². The van der Waals surface area contributed by atoms with E-state index < -0.39 is 17.2 Å². The quantitative estimate of drug-likeness (QED) is 0.689. The first-order valence-electron chi connectivity index (χ1n) is 6.48. The minimum absolute atomic E-state index is 0.251. The fourth-order valence-corrected chi connectivity index (χ4v) is 2.71. The second-order valence-corrected chi connectivity index (χ2v) is 5.49. The van der Waals surface area contributed by atoms with Crippen molar-refractivity contribution < 1.29 is 9.90 Å². The highest BCUT2D eigenvalue weighted by Gasteiger charge is 2.17. The highest BCUT2D eigenvalue weighted by Crippen LogP contribution is 2.21. The number of carboxylic acids is 1. The Morgan fingerprint density at radius 2 is 2.14 bits per heavy atom. The molecule has 0 fully saturated rings. The molecular formula is C12H15N4O4S-. The van der Waals surface area contributed by atoms with Crippen LogP contribution in [0.4, 0.5) is 0 Å². The lowest BCUT2D eigenvalue weighted by molar-refractivity contribution is -0.301. The molecule has 0 atom stereocenters. The smallest absolute Gasteiger partial charge is 0.329 e. The van der Waals surface area contributed by atoms with Gasteiger partial charge in [0.05, 0.1) is 5.97 Å². The van der Waals surface area contributed by atoms with E-state index in [9.17, 15) is 19.5 Å². The molecule has 0 aliphatic carbocycles. The molecule has 2 rings (SSSR count). The van der Waals surface area contributed by atoms with Gasteiger partial charge in [0.25, 0.3) is 5.56 Å². The summed E-state index contributed by atoms with van der Waals surface area (Å²) in [6.45, 7) is 2.54. The number of carbonyl (C=O) groups is 1. The Balaban J connectivity index is 2.63. The molecule has 1 N–H and O–H groups in total. The number of H-pyrrole nitrogens is 1. The number of unbranched alkanes of at least 4 members (excludes halogenated alkanes) is 1. The molecule has 2 aromatic rings. The Bertz CT molecular complexity index is 789. The molecule has 0 unspecified atom stereocenters. The largest absolute Gasteiger partial charge is 0.549 e. The third-order valence-electron chi connectivity index (χ3n) is 3.03. The summed E-state index contributed by atoms with van der Waals surface area (Å²) in [6.07, 6.45) is 1.72. The van der Waals surface area contributed by atoms with Crippen LogP contribution in [0.25, 0.3) is 11.2 Å². The van der Waals surface area contributed by atoms with E-state index in [-0.39, 0.29) is 16.9 Å². The van der Waals surface area contributed by atoms with Crippen LogP contribution in [-0.2, 0) is 18.4 Å². The number of imidazole rings is 1. The van der Waals surface area contributed by atoms with Gasteiger partial charge in [0.1, 0.15) is 0 Å². The molecule has 2 heterocycles. The summed E-state index contributed by atoms with van der Waals surface area (Å²) in [4.78, 5) is 40.7. The SMILES string of the molecule is CCCCn1c(SCC(=O)[O-])nc2c1c(=O)[nH]c(=O)n2C. The van der Waals surface area contributed by atoms with Crippen LogP contribution in [0.15, 0.2) is 14.7 Å². The summed E-state index contributed by atoms with van der Waals surface area (Å²) >= 11 is 0.976. The number of nitrogens with zero attached hydrogens (tertiary/aromatic N) is 3. The number of hydrogen-bond acceptors (Lipinski definition) is 6. The first-order chi connectivity index (χ1) is 9.95. The number of carboxylic acid groups (broad SMARTS) is 1. The minimum atomic E-state index is -1.21. The maximum Gasteiger partial charge on any atom is 0.329 e. The van der Waals surface area contributed by atoms with Crippen molar-refractivity contribution in [3.05, 3.63) is 20.8 Å². The lowest BCUT2D eigenvalue weighted by atomic mass is 10.3. The molecule has 2 aromatic heterocycles. The van der Waals surface area contributed by atoms with Crippen LogP contribution in [0.1, 0.15) is 19.8 Å². The van der Waals surface area contributed by atoms with Gasteiger partial charge < -0.3 is 14.5 Å². The van der Waals surface area contributed by atoms with Gasteiger partial charge in [-0.15, -0.1) is 0 Å². The number of nitrogens with one attached hydrogen (secondary N) is 1. The number of rotatable bonds is 6. The van der Waals surface area contributed by atoms with E-state index in [0.29, 0.717) is 11.7 Å². The number of aryl methyl sites for hydroxylation is 2. The van der Waals surface area contributed by atoms with Crippen LogP contribution in [0.3, 0.4) is 0 Å². The van der Waals surface area contributed by atoms with Gasteiger partial charge in [-0.25, -0.2) is 9.78 Å². The summed E-state index contributed by atoms with van der Waals surface area (Å²) in [7, 11) is 1.50. The first-order valence-corrected chi connectivity index (χ1v) is 7.46. The normalized spacial score (nSPS) is 11.1. The number of thioether (sulfide) groups is 1. The van der Waals surface area contributed by atoms with Crippen molar-refractivity contribution in [2.45, 2.75) is 31.5 Å². The molecule has 8 nitrogen and oxygen atoms in total. The summed E-state index contributed by atoms with van der Waals surface area (Å²) in [6, 6.07) is 0. The Morgan fingerprint density at radius 3 is 2.76 bits per heavy atom. The Labute approximate surface area is 123 Å². The third-order valence-corrected chi connectivity index (χ3v) is 3.98. The molecule has 0 radical (unpaired) electrons. The van der Waals surface area contributed by atoms with E-state index in [0.717, 1.165) is 24.6 Å². The average Bonchev–Trinajstić information content (AvgIpc) is 2.79. The van der Waals surface area contributed by atoms with E-state index in [1.807, 2.05) is 6.92 Å². The molecular weight excluding hydrogens is 296 g/mol. The standard InChI is InChI=1S/C12H16N4O4S/c1-3-4-5-16-8-9(13-12(16)21-6-7(17)18)15(2)11(20)14-10(8)19/h3-6H2,1-2H3,(H,17,18)(H,14,19,20)/p-1. The van der Waals surface area contributed by atoms with Crippen molar-refractivity contribution in [2.75, 3.05) is 5.75 Å². The fraction of sp³-hybridized carbons (Fsp3) is 0.500. The third kappa shape index (κ3) is 3.02. The number of aromatic nitrogens is 4. The summed E-state index contributed by atoms with van der Waals surface area (Å²) in [5.41, 5.74) is -0.534. The van der Waals surface area contributed by atoms with Crippen LogP contribution in [0, 0.1) is 0 Å². The van der Waals surface area contributed by atoms with E-state index in [4.69, 9.17) is 0 Å². The minimum Gasteiger partial charge on any atom is -0.549 e. The van der Waals surface area contributed by atoms with Crippen molar-refractivity contribution >= 4 is 28.9 Å². The lowest BCUT2D eigenvalue weighted by Crippen LogP contribution is -2.29. The summed E-state index contributed by atoms with van der Waals surface area (Å²) in [5.74, 6) is -1.47. The monoisotopic (exact) mass is 311 g/mol. The number of carbonyl (C=O) groups excluding carboxylic acids is 1. The predicted molar refractivity (Wildman–Crippen MR) is 76.2 cm³/mol. The van der Waals surface area contributed by atoms with Gasteiger partial charge in [-0.1, -0.05) is 25.1 Å². The maximum atomic E-state index is 12.0. The van der Waals surface area contributed by atoms with Gasteiger partial charge in [0, 0.05) is 19.3 Å². The highest BCUT2D eigenvalue weighted by atomic mass is 32.2.